The van der Waals surface area contributed by atoms with Crippen molar-refractivity contribution in [2.24, 2.45) is 0 Å². The van der Waals surface area contributed by atoms with E-state index in [9.17, 15) is 0 Å². The predicted octanol–water partition coefficient (Wildman–Crippen LogP) is 4.52. The Morgan fingerprint density at radius 2 is 1.14 bits per heavy atom. The minimum atomic E-state index is 0.861. The highest BCUT2D eigenvalue weighted by Gasteiger charge is 2.04. The van der Waals surface area contributed by atoms with Crippen molar-refractivity contribution in [3.05, 3.63) is 60.2 Å². The van der Waals surface area contributed by atoms with Gasteiger partial charge in [0.2, 0.25) is 0 Å². The quantitative estimate of drug-likeness (QED) is 0.418. The van der Waals surface area contributed by atoms with Gasteiger partial charge in [0.25, 0.3) is 0 Å². The number of imidazole rings is 2. The number of rotatable bonds is 5. The number of H-pyrrole nitrogens is 2. The van der Waals surface area contributed by atoms with E-state index in [1.165, 1.54) is 0 Å². The Balaban J connectivity index is 1.35. The lowest BCUT2D eigenvalue weighted by Gasteiger charge is -1.96. The lowest BCUT2D eigenvalue weighted by Crippen LogP contribution is -1.83. The third kappa shape index (κ3) is 2.84. The molecule has 0 aliphatic heterocycles. The number of nitrogens with one attached hydrogen (secondary N) is 2. The molecule has 0 spiro atoms. The van der Waals surface area contributed by atoms with Gasteiger partial charge in [-0.25, -0.2) is 9.97 Å². The predicted molar refractivity (Wildman–Crippen MR) is 94.8 cm³/mol. The van der Waals surface area contributed by atoms with E-state index in [1.54, 1.807) is 21.6 Å². The van der Waals surface area contributed by atoms with Gasteiger partial charge in [0, 0.05) is 0 Å². The van der Waals surface area contributed by atoms with Crippen LogP contribution in [0.25, 0.3) is 22.1 Å². The van der Waals surface area contributed by atoms with Gasteiger partial charge in [-0.3, -0.25) is 0 Å². The molecule has 110 valence electrons. The number of nitrogens with zero attached hydrogens (tertiary/aromatic N) is 2. The lowest BCUT2D eigenvalue weighted by atomic mass is 10.3. The molecule has 0 fully saturated rings. The molecule has 2 aromatic carbocycles. The molecule has 4 aromatic rings. The largest absolute Gasteiger partial charge is 0.341 e. The fourth-order valence-electron chi connectivity index (χ4n) is 2.34. The van der Waals surface area contributed by atoms with Crippen LogP contribution in [0.3, 0.4) is 0 Å². The summed E-state index contributed by atoms with van der Waals surface area (Å²) in [5.41, 5.74) is 4.25. The Morgan fingerprint density at radius 1 is 0.682 bits per heavy atom. The third-order valence-corrected chi connectivity index (χ3v) is 5.51. The van der Waals surface area contributed by atoms with Crippen molar-refractivity contribution in [3.63, 3.8) is 0 Å². The van der Waals surface area contributed by atoms with Crippen LogP contribution in [0.15, 0.2) is 48.5 Å². The van der Waals surface area contributed by atoms with Crippen molar-refractivity contribution in [1.29, 1.82) is 0 Å². The molecule has 2 heterocycles. The SMILES string of the molecule is c1ccc2[nH]c(CSSCc3nc4ccccc4[nH]3)nc2c1. The van der Waals surface area contributed by atoms with Crippen LogP contribution in [0.1, 0.15) is 11.6 Å². The van der Waals surface area contributed by atoms with Crippen molar-refractivity contribution >= 4 is 43.7 Å². The molecule has 4 rings (SSSR count). The summed E-state index contributed by atoms with van der Waals surface area (Å²) in [6.45, 7) is 0. The van der Waals surface area contributed by atoms with E-state index in [0.717, 1.165) is 45.2 Å². The molecule has 0 bridgehead atoms. The fourth-order valence-corrected chi connectivity index (χ4v) is 4.18. The fraction of sp³-hybridized carbons (Fsp3) is 0.125. The van der Waals surface area contributed by atoms with Crippen LogP contribution in [-0.2, 0) is 11.5 Å². The Labute approximate surface area is 135 Å². The molecule has 0 saturated carbocycles. The van der Waals surface area contributed by atoms with E-state index in [4.69, 9.17) is 0 Å². The van der Waals surface area contributed by atoms with Gasteiger partial charge in [-0.1, -0.05) is 45.9 Å². The van der Waals surface area contributed by atoms with Gasteiger partial charge in [-0.05, 0) is 24.3 Å². The van der Waals surface area contributed by atoms with E-state index in [1.807, 2.05) is 36.4 Å². The molecule has 0 unspecified atom stereocenters. The van der Waals surface area contributed by atoms with E-state index >= 15 is 0 Å². The van der Waals surface area contributed by atoms with Crippen molar-refractivity contribution in [3.8, 4) is 0 Å². The maximum Gasteiger partial charge on any atom is 0.118 e. The van der Waals surface area contributed by atoms with Crippen LogP contribution >= 0.6 is 21.6 Å². The molecule has 0 amide bonds. The first-order valence-corrected chi connectivity index (χ1v) is 9.49. The zero-order chi connectivity index (χ0) is 14.8. The number of benzene rings is 2. The van der Waals surface area contributed by atoms with Crippen molar-refractivity contribution in [2.45, 2.75) is 11.5 Å². The van der Waals surface area contributed by atoms with Gasteiger partial charge >= 0.3 is 0 Å². The third-order valence-electron chi connectivity index (χ3n) is 3.35. The Morgan fingerprint density at radius 3 is 1.59 bits per heavy atom. The summed E-state index contributed by atoms with van der Waals surface area (Å²) in [6, 6.07) is 16.2. The zero-order valence-electron chi connectivity index (χ0n) is 11.7. The Kier molecular flexibility index (Phi) is 3.78. The summed E-state index contributed by atoms with van der Waals surface area (Å²) in [6.07, 6.45) is 0. The molecule has 2 N–H and O–H groups in total. The number of hydrogen-bond acceptors (Lipinski definition) is 4. The second-order valence-electron chi connectivity index (χ2n) is 4.93. The van der Waals surface area contributed by atoms with E-state index in [2.05, 4.69) is 32.1 Å². The van der Waals surface area contributed by atoms with Crippen LogP contribution in [0, 0.1) is 0 Å². The van der Waals surface area contributed by atoms with Crippen molar-refractivity contribution in [1.82, 2.24) is 19.9 Å². The Hall–Kier alpha value is -1.92. The van der Waals surface area contributed by atoms with Crippen LogP contribution in [0.5, 0.6) is 0 Å². The van der Waals surface area contributed by atoms with Gasteiger partial charge in [0.15, 0.2) is 0 Å². The highest BCUT2D eigenvalue weighted by atomic mass is 33.1. The van der Waals surface area contributed by atoms with Gasteiger partial charge in [0.05, 0.1) is 33.6 Å². The summed E-state index contributed by atoms with van der Waals surface area (Å²) in [4.78, 5) is 15.9. The number of fused-ring (bicyclic) bond motifs is 2. The minimum Gasteiger partial charge on any atom is -0.341 e. The number of para-hydroxylation sites is 4. The summed E-state index contributed by atoms with van der Waals surface area (Å²) in [5.74, 6) is 3.76. The molecule has 0 radical (unpaired) electrons. The molecular formula is C16H14N4S2. The smallest absolute Gasteiger partial charge is 0.118 e. The second-order valence-corrected chi connectivity index (χ2v) is 7.39. The molecule has 4 nitrogen and oxygen atoms in total. The number of hydrogen-bond donors (Lipinski definition) is 2. The highest BCUT2D eigenvalue weighted by Crippen LogP contribution is 2.29. The molecule has 2 aromatic heterocycles. The number of aromatic amines is 2. The first kappa shape index (κ1) is 13.7. The van der Waals surface area contributed by atoms with E-state index in [-0.39, 0.29) is 0 Å². The first-order chi connectivity index (χ1) is 10.9. The Bertz CT molecular complexity index is 770. The van der Waals surface area contributed by atoms with Gasteiger partial charge in [-0.15, -0.1) is 0 Å². The average molecular weight is 326 g/mol. The molecule has 0 atom stereocenters. The minimum absolute atomic E-state index is 0.861. The van der Waals surface area contributed by atoms with Crippen LogP contribution in [0.4, 0.5) is 0 Å². The molecule has 0 saturated heterocycles. The highest BCUT2D eigenvalue weighted by molar-refractivity contribution is 8.76. The number of aromatic nitrogens is 4. The summed E-state index contributed by atoms with van der Waals surface area (Å²) in [7, 11) is 3.58. The topological polar surface area (TPSA) is 57.4 Å². The molecule has 0 aliphatic rings. The summed E-state index contributed by atoms with van der Waals surface area (Å²) in [5, 5.41) is 0. The normalized spacial score (nSPS) is 11.5. The average Bonchev–Trinajstić information content (AvgIpc) is 3.14. The summed E-state index contributed by atoms with van der Waals surface area (Å²) >= 11 is 0. The van der Waals surface area contributed by atoms with Gasteiger partial charge in [0.1, 0.15) is 11.6 Å². The van der Waals surface area contributed by atoms with Crippen molar-refractivity contribution in [2.75, 3.05) is 0 Å². The summed E-state index contributed by atoms with van der Waals surface area (Å²) < 4.78 is 0. The zero-order valence-corrected chi connectivity index (χ0v) is 13.4. The van der Waals surface area contributed by atoms with Gasteiger partial charge in [-0.2, -0.15) is 0 Å². The van der Waals surface area contributed by atoms with E-state index < -0.39 is 0 Å². The standard InChI is InChI=1S/C16H14N4S2/c1-2-6-12-11(5-1)17-15(18-12)9-21-22-10-16-19-13-7-3-4-8-14(13)20-16/h1-8H,9-10H2,(H,17,18)(H,19,20). The van der Waals surface area contributed by atoms with Crippen LogP contribution in [-0.4, -0.2) is 19.9 Å². The lowest BCUT2D eigenvalue weighted by molar-refractivity contribution is 1.14. The van der Waals surface area contributed by atoms with E-state index in [0.29, 0.717) is 0 Å². The van der Waals surface area contributed by atoms with Gasteiger partial charge < -0.3 is 9.97 Å². The molecule has 0 aliphatic carbocycles. The maximum absolute atomic E-state index is 4.58. The maximum atomic E-state index is 4.58. The molecule has 6 heteroatoms. The molecular weight excluding hydrogens is 312 g/mol. The van der Waals surface area contributed by atoms with Crippen molar-refractivity contribution < 1.29 is 0 Å². The van der Waals surface area contributed by atoms with Crippen LogP contribution in [0.2, 0.25) is 0 Å². The second kappa shape index (κ2) is 6.06. The first-order valence-electron chi connectivity index (χ1n) is 7.00. The van der Waals surface area contributed by atoms with Crippen LogP contribution < -0.4 is 0 Å². The monoisotopic (exact) mass is 326 g/mol. The molecule has 22 heavy (non-hydrogen) atoms.